The lowest BCUT2D eigenvalue weighted by Crippen LogP contribution is -2.54. The minimum Gasteiger partial charge on any atom is -0.507 e. The van der Waals surface area contributed by atoms with Gasteiger partial charge in [0.15, 0.2) is 0 Å². The molecule has 276 valence electrons. The third kappa shape index (κ3) is 5.26. The largest absolute Gasteiger partial charge is 0.507 e. The van der Waals surface area contributed by atoms with Gasteiger partial charge in [0.1, 0.15) is 34.8 Å². The molecule has 9 aromatic rings. The number of hydrogen-bond donors (Lipinski definition) is 6. The Morgan fingerprint density at radius 3 is 1.35 bits per heavy atom. The van der Waals surface area contributed by atoms with Crippen LogP contribution in [0.3, 0.4) is 0 Å². The van der Waals surface area contributed by atoms with Gasteiger partial charge < -0.3 is 30.1 Å². The molecule has 10 nitrogen and oxygen atoms in total. The number of aromatic nitrogens is 8. The van der Waals surface area contributed by atoms with E-state index in [9.17, 15) is 36.6 Å². The number of phenolic OH excluding ortho intramolecular Hbond substituents is 2. The highest BCUT2D eigenvalue weighted by Gasteiger charge is 2.72. The van der Waals surface area contributed by atoms with Crippen molar-refractivity contribution in [2.24, 2.45) is 0 Å². The molecular weight excluding hydrogens is 726 g/mol. The Kier molecular flexibility index (Phi) is 7.15. The summed E-state index contributed by atoms with van der Waals surface area (Å²) < 4.78 is 87.5. The maximum atomic E-state index is 14.6. The quantitative estimate of drug-likeness (QED) is 0.0760. The zero-order valence-electron chi connectivity index (χ0n) is 28.5. The average Bonchev–Trinajstić information content (AvgIpc) is 3.90. The SMILES string of the molecule is Cc1ccc(C(c2ccc(-c3nc4cc5nc(-c6cc(O)c(-c7nc8cc9nc(C)[nH]c9cc8[nH]7)cc6O)[nH]c5cc4[nH]3)cc2)(C(F)(F)F)C(F)(F)F)cc1. The number of H-pyrrole nitrogens is 4. The van der Waals surface area contributed by atoms with E-state index in [4.69, 9.17) is 0 Å². The number of rotatable bonds is 5. The Bertz CT molecular complexity index is 2840. The second kappa shape index (κ2) is 11.6. The molecule has 55 heavy (non-hydrogen) atoms. The molecule has 0 amide bonds. The first-order valence-electron chi connectivity index (χ1n) is 16.7. The fraction of sp³-hybridized carbons (Fsp3) is 0.128. The topological polar surface area (TPSA) is 155 Å². The van der Waals surface area contributed by atoms with Crippen LogP contribution in [-0.2, 0) is 5.41 Å². The molecule has 6 N–H and O–H groups in total. The van der Waals surface area contributed by atoms with Gasteiger partial charge in [0.2, 0.25) is 5.41 Å². The molecule has 0 saturated carbocycles. The summed E-state index contributed by atoms with van der Waals surface area (Å²) in [5.74, 6) is 1.19. The molecule has 0 aliphatic carbocycles. The fourth-order valence-electron chi connectivity index (χ4n) is 7.17. The highest BCUT2D eigenvalue weighted by atomic mass is 19.4. The van der Waals surface area contributed by atoms with Gasteiger partial charge in [-0.3, -0.25) is 0 Å². The van der Waals surface area contributed by atoms with Crippen LogP contribution >= 0.6 is 0 Å². The van der Waals surface area contributed by atoms with Crippen molar-refractivity contribution >= 4 is 44.1 Å². The van der Waals surface area contributed by atoms with Gasteiger partial charge in [0.25, 0.3) is 0 Å². The normalized spacial score (nSPS) is 12.9. The van der Waals surface area contributed by atoms with Crippen LogP contribution in [0.5, 0.6) is 11.5 Å². The molecule has 5 aromatic carbocycles. The minimum atomic E-state index is -5.70. The standard InChI is InChI=1S/C39H26F6N8O2/c1-17-3-7-20(8-4-17)37(38(40,41)42,39(43,44)45)21-9-5-19(6-10-21)34-48-26-15-30-31(16-27(26)49-34)53-36(52-30)23-12-32(54)22(11-33(23)55)35-50-28-13-24-25(14-29(28)51-35)47-18(2)46-24/h3-16,54-55H,1-2H3,(H,46,47)(H,48,49)(H,50,51)(H,52,53). The van der Waals surface area contributed by atoms with Gasteiger partial charge in [-0.25, -0.2) is 19.9 Å². The number of aromatic amines is 4. The van der Waals surface area contributed by atoms with E-state index in [1.165, 1.54) is 36.4 Å². The summed E-state index contributed by atoms with van der Waals surface area (Å²) >= 11 is 0. The molecule has 9 rings (SSSR count). The van der Waals surface area contributed by atoms with E-state index in [-0.39, 0.29) is 39.8 Å². The Balaban J connectivity index is 1.03. The molecule has 0 unspecified atom stereocenters. The molecular formula is C39H26F6N8O2. The van der Waals surface area contributed by atoms with E-state index in [0.717, 1.165) is 41.1 Å². The molecule has 0 radical (unpaired) electrons. The summed E-state index contributed by atoms with van der Waals surface area (Å²) in [4.78, 5) is 30.6. The van der Waals surface area contributed by atoms with Crippen LogP contribution < -0.4 is 0 Å². The van der Waals surface area contributed by atoms with Crippen LogP contribution in [0, 0.1) is 13.8 Å². The summed E-state index contributed by atoms with van der Waals surface area (Å²) in [6, 6.07) is 17.8. The fourth-order valence-corrected chi connectivity index (χ4v) is 7.17. The summed E-state index contributed by atoms with van der Waals surface area (Å²) in [7, 11) is 0. The monoisotopic (exact) mass is 752 g/mol. The Labute approximate surface area is 305 Å². The van der Waals surface area contributed by atoms with E-state index < -0.39 is 28.9 Å². The lowest BCUT2D eigenvalue weighted by atomic mass is 9.72. The van der Waals surface area contributed by atoms with Gasteiger partial charge in [0.05, 0.1) is 55.3 Å². The molecule has 4 aromatic heterocycles. The van der Waals surface area contributed by atoms with Crippen molar-refractivity contribution in [2.45, 2.75) is 31.6 Å². The molecule has 0 atom stereocenters. The second-order valence-electron chi connectivity index (χ2n) is 13.4. The van der Waals surface area contributed by atoms with Crippen molar-refractivity contribution in [3.05, 3.63) is 107 Å². The smallest absolute Gasteiger partial charge is 0.411 e. The van der Waals surface area contributed by atoms with Crippen LogP contribution in [0.15, 0.2) is 84.9 Å². The lowest BCUT2D eigenvalue weighted by Gasteiger charge is -2.38. The van der Waals surface area contributed by atoms with Crippen molar-refractivity contribution in [3.8, 4) is 45.7 Å². The second-order valence-corrected chi connectivity index (χ2v) is 13.4. The van der Waals surface area contributed by atoms with Crippen molar-refractivity contribution in [2.75, 3.05) is 0 Å². The number of nitrogens with zero attached hydrogens (tertiary/aromatic N) is 4. The van der Waals surface area contributed by atoms with Gasteiger partial charge in [-0.1, -0.05) is 54.1 Å². The number of benzene rings is 5. The number of aromatic hydroxyl groups is 2. The summed E-state index contributed by atoms with van der Waals surface area (Å²) in [6.45, 7) is 3.43. The highest BCUT2D eigenvalue weighted by molar-refractivity contribution is 5.95. The maximum Gasteiger partial charge on any atom is 0.411 e. The van der Waals surface area contributed by atoms with Crippen molar-refractivity contribution in [1.29, 1.82) is 0 Å². The number of fused-ring (bicyclic) bond motifs is 4. The van der Waals surface area contributed by atoms with Crippen LogP contribution in [0.4, 0.5) is 26.3 Å². The first-order valence-corrected chi connectivity index (χ1v) is 16.7. The third-order valence-corrected chi connectivity index (χ3v) is 9.84. The zero-order chi connectivity index (χ0) is 38.6. The molecule has 0 saturated heterocycles. The van der Waals surface area contributed by atoms with Crippen molar-refractivity contribution in [1.82, 2.24) is 39.9 Å². The van der Waals surface area contributed by atoms with Crippen LogP contribution in [0.1, 0.15) is 22.5 Å². The molecule has 0 bridgehead atoms. The predicted molar refractivity (Wildman–Crippen MR) is 193 cm³/mol. The summed E-state index contributed by atoms with van der Waals surface area (Å²) in [5.41, 5.74) is -0.159. The predicted octanol–water partition coefficient (Wildman–Crippen LogP) is 9.63. The van der Waals surface area contributed by atoms with Gasteiger partial charge in [-0.05, 0) is 61.4 Å². The minimum absolute atomic E-state index is 0.169. The molecule has 16 heteroatoms. The van der Waals surface area contributed by atoms with Crippen LogP contribution in [0.25, 0.3) is 78.3 Å². The zero-order valence-corrected chi connectivity index (χ0v) is 28.5. The molecule has 4 heterocycles. The van der Waals surface area contributed by atoms with E-state index >= 15 is 0 Å². The number of halogens is 6. The Morgan fingerprint density at radius 1 is 0.473 bits per heavy atom. The van der Waals surface area contributed by atoms with Crippen molar-refractivity contribution < 1.29 is 36.6 Å². The molecule has 0 aliphatic heterocycles. The van der Waals surface area contributed by atoms with Crippen LogP contribution in [0.2, 0.25) is 0 Å². The maximum absolute atomic E-state index is 14.6. The number of hydrogen-bond acceptors (Lipinski definition) is 6. The lowest BCUT2D eigenvalue weighted by molar-refractivity contribution is -0.288. The average molecular weight is 753 g/mol. The number of nitrogens with one attached hydrogen (secondary N) is 4. The van der Waals surface area contributed by atoms with Gasteiger partial charge in [-0.15, -0.1) is 0 Å². The van der Waals surface area contributed by atoms with E-state index in [2.05, 4.69) is 39.9 Å². The highest BCUT2D eigenvalue weighted by Crippen LogP contribution is 2.56. The molecule has 0 aliphatic rings. The van der Waals surface area contributed by atoms with Crippen molar-refractivity contribution in [3.63, 3.8) is 0 Å². The van der Waals surface area contributed by atoms with Crippen LogP contribution in [-0.4, -0.2) is 62.4 Å². The van der Waals surface area contributed by atoms with Gasteiger partial charge >= 0.3 is 12.4 Å². The number of alkyl halides is 6. The van der Waals surface area contributed by atoms with E-state index in [1.54, 1.807) is 19.1 Å². The number of imidazole rings is 4. The number of aryl methyl sites for hydroxylation is 2. The Hall–Kier alpha value is -6.84. The number of phenols is 2. The third-order valence-electron chi connectivity index (χ3n) is 9.84. The Morgan fingerprint density at radius 2 is 0.873 bits per heavy atom. The molecule has 0 spiro atoms. The van der Waals surface area contributed by atoms with E-state index in [0.29, 0.717) is 44.5 Å². The van der Waals surface area contributed by atoms with Gasteiger partial charge in [0, 0.05) is 5.56 Å². The van der Waals surface area contributed by atoms with E-state index in [1.807, 2.05) is 19.1 Å². The summed E-state index contributed by atoms with van der Waals surface area (Å²) in [6.07, 6.45) is -11.4. The first kappa shape index (κ1) is 34.0. The summed E-state index contributed by atoms with van der Waals surface area (Å²) in [5, 5.41) is 22.1. The first-order chi connectivity index (χ1) is 26.1. The van der Waals surface area contributed by atoms with Gasteiger partial charge in [-0.2, -0.15) is 26.3 Å². The molecule has 0 fully saturated rings.